The van der Waals surface area contributed by atoms with Gasteiger partial charge in [-0.2, -0.15) is 12.6 Å². The van der Waals surface area contributed by atoms with E-state index in [1.807, 2.05) is 0 Å². The molecule has 0 amide bonds. The molecule has 1 fully saturated rings. The summed E-state index contributed by atoms with van der Waals surface area (Å²) in [6, 6.07) is 0.585. The van der Waals surface area contributed by atoms with Crippen molar-refractivity contribution in [3.05, 3.63) is 0 Å². The Hall–Kier alpha value is -0.220. The van der Waals surface area contributed by atoms with E-state index in [4.69, 9.17) is 5.11 Å². The molecule has 0 atom stereocenters. The largest absolute Gasteiger partial charge is 0.481 e. The molecule has 0 saturated heterocycles. The minimum Gasteiger partial charge on any atom is -0.481 e. The van der Waals surface area contributed by atoms with E-state index in [0.29, 0.717) is 12.5 Å². The van der Waals surface area contributed by atoms with E-state index in [-0.39, 0.29) is 5.41 Å². The Morgan fingerprint density at radius 2 is 2.12 bits per heavy atom. The predicted octanol–water partition coefficient (Wildman–Crippen LogP) is 2.32. The van der Waals surface area contributed by atoms with Crippen LogP contribution in [0.15, 0.2) is 0 Å². The van der Waals surface area contributed by atoms with E-state index in [1.165, 1.54) is 0 Å². The van der Waals surface area contributed by atoms with E-state index in [0.717, 1.165) is 44.4 Å². The van der Waals surface area contributed by atoms with Crippen LogP contribution in [0.1, 0.15) is 45.4 Å². The Kier molecular flexibility index (Phi) is 5.62. The smallest absolute Gasteiger partial charge is 0.303 e. The molecular formula is C12H23NO2S. The highest BCUT2D eigenvalue weighted by atomic mass is 32.1. The molecule has 0 spiro atoms. The molecule has 0 aliphatic heterocycles. The first-order valence-corrected chi connectivity index (χ1v) is 6.75. The van der Waals surface area contributed by atoms with Crippen LogP contribution in [-0.2, 0) is 4.79 Å². The van der Waals surface area contributed by atoms with Crippen LogP contribution >= 0.6 is 12.6 Å². The predicted molar refractivity (Wildman–Crippen MR) is 69.1 cm³/mol. The third-order valence-electron chi connectivity index (χ3n) is 3.54. The summed E-state index contributed by atoms with van der Waals surface area (Å²) in [6.45, 7) is 3.13. The first-order valence-electron chi connectivity index (χ1n) is 6.12. The van der Waals surface area contributed by atoms with Gasteiger partial charge in [-0.3, -0.25) is 4.79 Å². The second-order valence-corrected chi connectivity index (χ2v) is 5.63. The number of carbonyl (C=O) groups is 1. The molecule has 0 heterocycles. The van der Waals surface area contributed by atoms with Crippen molar-refractivity contribution in [3.63, 3.8) is 0 Å². The molecule has 1 saturated carbocycles. The van der Waals surface area contributed by atoms with Gasteiger partial charge in [0.15, 0.2) is 0 Å². The number of rotatable bonds is 6. The Morgan fingerprint density at radius 3 is 2.62 bits per heavy atom. The molecule has 0 aromatic rings. The molecule has 94 valence electrons. The van der Waals surface area contributed by atoms with Gasteiger partial charge in [0.05, 0.1) is 6.42 Å². The zero-order chi connectivity index (χ0) is 12.0. The molecule has 0 unspecified atom stereocenters. The number of hydrogen-bond acceptors (Lipinski definition) is 3. The molecule has 0 radical (unpaired) electrons. The Labute approximate surface area is 103 Å². The van der Waals surface area contributed by atoms with Crippen LogP contribution in [0.2, 0.25) is 0 Å². The number of carboxylic acid groups (broad SMARTS) is 1. The maximum absolute atomic E-state index is 10.7. The highest BCUT2D eigenvalue weighted by molar-refractivity contribution is 7.80. The third-order valence-corrected chi connectivity index (χ3v) is 3.85. The SMILES string of the molecule is CC1(CC(=O)O)CCC(NCCCS)CC1. The quantitative estimate of drug-likeness (QED) is 0.497. The molecule has 4 heteroatoms. The lowest BCUT2D eigenvalue weighted by Gasteiger charge is -2.36. The van der Waals surface area contributed by atoms with Gasteiger partial charge in [0.2, 0.25) is 0 Å². The first kappa shape index (κ1) is 13.8. The van der Waals surface area contributed by atoms with Crippen molar-refractivity contribution >= 4 is 18.6 Å². The van der Waals surface area contributed by atoms with E-state index in [1.54, 1.807) is 0 Å². The van der Waals surface area contributed by atoms with Crippen molar-refractivity contribution in [1.29, 1.82) is 0 Å². The maximum atomic E-state index is 10.7. The summed E-state index contributed by atoms with van der Waals surface area (Å²) in [5, 5.41) is 12.4. The molecule has 16 heavy (non-hydrogen) atoms. The fourth-order valence-electron chi connectivity index (χ4n) is 2.45. The second kappa shape index (κ2) is 6.50. The van der Waals surface area contributed by atoms with Crippen LogP contribution in [-0.4, -0.2) is 29.4 Å². The van der Waals surface area contributed by atoms with E-state index < -0.39 is 5.97 Å². The molecule has 1 aliphatic carbocycles. The second-order valence-electron chi connectivity index (χ2n) is 5.19. The third kappa shape index (κ3) is 4.74. The summed E-state index contributed by atoms with van der Waals surface area (Å²) >= 11 is 4.18. The van der Waals surface area contributed by atoms with Crippen LogP contribution in [0, 0.1) is 5.41 Å². The van der Waals surface area contributed by atoms with Crippen LogP contribution in [0.3, 0.4) is 0 Å². The lowest BCUT2D eigenvalue weighted by atomic mass is 9.72. The highest BCUT2D eigenvalue weighted by Crippen LogP contribution is 2.38. The van der Waals surface area contributed by atoms with Gasteiger partial charge in [0.25, 0.3) is 0 Å². The number of nitrogens with one attached hydrogen (secondary N) is 1. The summed E-state index contributed by atoms with van der Waals surface area (Å²) in [6.07, 6.45) is 5.69. The van der Waals surface area contributed by atoms with Crippen molar-refractivity contribution in [3.8, 4) is 0 Å². The number of hydrogen-bond donors (Lipinski definition) is 3. The lowest BCUT2D eigenvalue weighted by molar-refractivity contribution is -0.140. The Bertz CT molecular complexity index is 225. The van der Waals surface area contributed by atoms with Crippen molar-refractivity contribution in [2.75, 3.05) is 12.3 Å². The molecule has 3 nitrogen and oxygen atoms in total. The van der Waals surface area contributed by atoms with Gasteiger partial charge in [-0.1, -0.05) is 6.92 Å². The van der Waals surface area contributed by atoms with Gasteiger partial charge in [-0.25, -0.2) is 0 Å². The van der Waals surface area contributed by atoms with E-state index in [2.05, 4.69) is 24.9 Å². The standard InChI is InChI=1S/C12H23NO2S/c1-12(9-11(14)15)5-3-10(4-6-12)13-7-2-8-16/h10,13,16H,2-9H2,1H3,(H,14,15). The number of aliphatic carboxylic acids is 1. The lowest BCUT2D eigenvalue weighted by Crippen LogP contribution is -2.37. The zero-order valence-corrected chi connectivity index (χ0v) is 10.9. The monoisotopic (exact) mass is 245 g/mol. The van der Waals surface area contributed by atoms with Crippen molar-refractivity contribution in [2.45, 2.75) is 51.5 Å². The average Bonchev–Trinajstić information content (AvgIpc) is 2.20. The van der Waals surface area contributed by atoms with E-state index in [9.17, 15) is 4.79 Å². The maximum Gasteiger partial charge on any atom is 0.303 e. The Morgan fingerprint density at radius 1 is 1.50 bits per heavy atom. The molecule has 2 N–H and O–H groups in total. The summed E-state index contributed by atoms with van der Waals surface area (Å²) in [5.41, 5.74) is 0.0214. The summed E-state index contributed by atoms with van der Waals surface area (Å²) < 4.78 is 0. The van der Waals surface area contributed by atoms with Gasteiger partial charge in [-0.15, -0.1) is 0 Å². The molecule has 0 aromatic carbocycles. The molecule has 0 aromatic heterocycles. The van der Waals surface area contributed by atoms with Crippen molar-refractivity contribution in [1.82, 2.24) is 5.32 Å². The van der Waals surface area contributed by atoms with Crippen LogP contribution < -0.4 is 5.32 Å². The van der Waals surface area contributed by atoms with Crippen molar-refractivity contribution < 1.29 is 9.90 Å². The van der Waals surface area contributed by atoms with Crippen LogP contribution in [0.25, 0.3) is 0 Å². The summed E-state index contributed by atoms with van der Waals surface area (Å²) in [7, 11) is 0. The van der Waals surface area contributed by atoms with Crippen LogP contribution in [0.5, 0.6) is 0 Å². The van der Waals surface area contributed by atoms with E-state index >= 15 is 0 Å². The zero-order valence-electron chi connectivity index (χ0n) is 10.0. The average molecular weight is 245 g/mol. The van der Waals surface area contributed by atoms with Gasteiger partial charge in [0.1, 0.15) is 0 Å². The minimum absolute atomic E-state index is 0.0214. The molecule has 1 aliphatic rings. The highest BCUT2D eigenvalue weighted by Gasteiger charge is 2.32. The molecular weight excluding hydrogens is 222 g/mol. The van der Waals surface area contributed by atoms with Crippen LogP contribution in [0.4, 0.5) is 0 Å². The minimum atomic E-state index is -0.663. The fraction of sp³-hybridized carbons (Fsp3) is 0.917. The normalized spacial score (nSPS) is 30.2. The van der Waals surface area contributed by atoms with Gasteiger partial charge < -0.3 is 10.4 Å². The molecule has 0 bridgehead atoms. The summed E-state index contributed by atoms with van der Waals surface area (Å²) in [4.78, 5) is 10.7. The fourth-order valence-corrected chi connectivity index (χ4v) is 2.60. The first-order chi connectivity index (χ1) is 7.56. The van der Waals surface area contributed by atoms with Crippen molar-refractivity contribution in [2.24, 2.45) is 5.41 Å². The van der Waals surface area contributed by atoms with Gasteiger partial charge in [0, 0.05) is 6.04 Å². The molecule has 1 rings (SSSR count). The van der Waals surface area contributed by atoms with Gasteiger partial charge >= 0.3 is 5.97 Å². The summed E-state index contributed by atoms with van der Waals surface area (Å²) in [5.74, 6) is 0.264. The Balaban J connectivity index is 2.24. The topological polar surface area (TPSA) is 49.3 Å². The number of carboxylic acids is 1. The number of thiol groups is 1. The van der Waals surface area contributed by atoms with Gasteiger partial charge in [-0.05, 0) is 49.8 Å².